The molecule has 27 heavy (non-hydrogen) atoms. The molecule has 0 aliphatic carbocycles. The molecule has 5 heteroatoms. The van der Waals surface area contributed by atoms with E-state index in [9.17, 15) is 9.18 Å². The van der Waals surface area contributed by atoms with E-state index < -0.39 is 0 Å². The van der Waals surface area contributed by atoms with Crippen LogP contribution in [-0.4, -0.2) is 42.0 Å². The molecular formula is C22H24FN3O. The van der Waals surface area contributed by atoms with Gasteiger partial charge in [-0.3, -0.25) is 4.79 Å². The highest BCUT2D eigenvalue weighted by Gasteiger charge is 2.22. The van der Waals surface area contributed by atoms with Gasteiger partial charge in [-0.15, -0.1) is 0 Å². The summed E-state index contributed by atoms with van der Waals surface area (Å²) >= 11 is 0. The van der Waals surface area contributed by atoms with Gasteiger partial charge in [0.15, 0.2) is 0 Å². The molecule has 3 aromatic rings. The van der Waals surface area contributed by atoms with E-state index >= 15 is 0 Å². The first kappa shape index (κ1) is 17.6. The van der Waals surface area contributed by atoms with Crippen molar-refractivity contribution < 1.29 is 9.18 Å². The molecule has 0 atom stereocenters. The molecule has 2 heterocycles. The van der Waals surface area contributed by atoms with Gasteiger partial charge in [-0.1, -0.05) is 6.07 Å². The normalized spacial score (nSPS) is 15.2. The highest BCUT2D eigenvalue weighted by Crippen LogP contribution is 2.23. The molecule has 0 saturated carbocycles. The number of hydrogen-bond donors (Lipinski definition) is 1. The van der Waals surface area contributed by atoms with Crippen molar-refractivity contribution >= 4 is 22.5 Å². The Kier molecular flexibility index (Phi) is 4.60. The number of halogens is 1. The van der Waals surface area contributed by atoms with Gasteiger partial charge in [-0.25, -0.2) is 4.39 Å². The summed E-state index contributed by atoms with van der Waals surface area (Å²) in [4.78, 5) is 20.5. The number of H-pyrrole nitrogens is 1. The minimum atomic E-state index is -0.227. The van der Waals surface area contributed by atoms with Crippen molar-refractivity contribution in [2.24, 2.45) is 0 Å². The third kappa shape index (κ3) is 3.54. The van der Waals surface area contributed by atoms with Gasteiger partial charge < -0.3 is 14.8 Å². The van der Waals surface area contributed by atoms with E-state index in [1.54, 1.807) is 12.1 Å². The fourth-order valence-electron chi connectivity index (χ4n) is 3.92. The van der Waals surface area contributed by atoms with E-state index in [-0.39, 0.29) is 11.7 Å². The summed E-state index contributed by atoms with van der Waals surface area (Å²) in [6, 6.07) is 12.8. The SMILES string of the molecule is Cc1cc(C)c2cc(C(=O)N3CCCN(c4ccc(F)cc4)CC3)[nH]c2c1. The highest BCUT2D eigenvalue weighted by atomic mass is 19.1. The second-order valence-corrected chi connectivity index (χ2v) is 7.34. The van der Waals surface area contributed by atoms with Crippen LogP contribution in [0.5, 0.6) is 0 Å². The molecule has 1 saturated heterocycles. The van der Waals surface area contributed by atoms with E-state index in [2.05, 4.69) is 35.9 Å². The number of nitrogens with one attached hydrogen (secondary N) is 1. The molecule has 4 rings (SSSR count). The molecule has 1 aliphatic heterocycles. The Labute approximate surface area is 158 Å². The van der Waals surface area contributed by atoms with Crippen LogP contribution >= 0.6 is 0 Å². The maximum atomic E-state index is 13.2. The van der Waals surface area contributed by atoms with Crippen molar-refractivity contribution in [1.82, 2.24) is 9.88 Å². The summed E-state index contributed by atoms with van der Waals surface area (Å²) in [5.74, 6) is -0.182. The van der Waals surface area contributed by atoms with Crippen molar-refractivity contribution in [3.8, 4) is 0 Å². The molecule has 0 radical (unpaired) electrons. The highest BCUT2D eigenvalue weighted by molar-refractivity contribution is 5.99. The fraction of sp³-hybridized carbons (Fsp3) is 0.318. The third-order valence-corrected chi connectivity index (χ3v) is 5.29. The molecule has 1 aromatic heterocycles. The van der Waals surface area contributed by atoms with Crippen LogP contribution in [0.15, 0.2) is 42.5 Å². The number of nitrogens with zero attached hydrogens (tertiary/aromatic N) is 2. The molecule has 1 aliphatic rings. The number of aromatic nitrogens is 1. The zero-order valence-corrected chi connectivity index (χ0v) is 15.8. The summed E-state index contributed by atoms with van der Waals surface area (Å²) in [6.07, 6.45) is 0.890. The molecular weight excluding hydrogens is 341 g/mol. The van der Waals surface area contributed by atoms with Gasteiger partial charge in [0.25, 0.3) is 5.91 Å². The molecule has 1 amide bonds. The lowest BCUT2D eigenvalue weighted by molar-refractivity contribution is 0.0762. The predicted molar refractivity (Wildman–Crippen MR) is 107 cm³/mol. The Hall–Kier alpha value is -2.82. The summed E-state index contributed by atoms with van der Waals surface area (Å²) in [6.45, 7) is 7.13. The van der Waals surface area contributed by atoms with Crippen LogP contribution in [0.25, 0.3) is 10.9 Å². The molecule has 1 N–H and O–H groups in total. The van der Waals surface area contributed by atoms with E-state index in [1.165, 1.54) is 23.3 Å². The Morgan fingerprint density at radius 3 is 2.56 bits per heavy atom. The molecule has 0 bridgehead atoms. The number of carbonyl (C=O) groups is 1. The van der Waals surface area contributed by atoms with E-state index in [0.717, 1.165) is 42.6 Å². The quantitative estimate of drug-likeness (QED) is 0.736. The average Bonchev–Trinajstić information content (AvgIpc) is 2.92. The van der Waals surface area contributed by atoms with Crippen LogP contribution < -0.4 is 4.90 Å². The van der Waals surface area contributed by atoms with Crippen LogP contribution in [0.3, 0.4) is 0 Å². The second kappa shape index (κ2) is 7.06. The monoisotopic (exact) mass is 365 g/mol. The zero-order chi connectivity index (χ0) is 19.0. The lowest BCUT2D eigenvalue weighted by Gasteiger charge is -2.23. The maximum Gasteiger partial charge on any atom is 0.270 e. The van der Waals surface area contributed by atoms with E-state index in [1.807, 2.05) is 11.0 Å². The molecule has 4 nitrogen and oxygen atoms in total. The molecule has 1 fully saturated rings. The Morgan fingerprint density at radius 1 is 1.00 bits per heavy atom. The Morgan fingerprint density at radius 2 is 1.78 bits per heavy atom. The average molecular weight is 365 g/mol. The van der Waals surface area contributed by atoms with Crippen LogP contribution in [0.4, 0.5) is 10.1 Å². The first-order valence-electron chi connectivity index (χ1n) is 9.41. The van der Waals surface area contributed by atoms with Crippen LogP contribution in [0, 0.1) is 19.7 Å². The second-order valence-electron chi connectivity index (χ2n) is 7.34. The maximum absolute atomic E-state index is 13.2. The number of benzene rings is 2. The summed E-state index contributed by atoms with van der Waals surface area (Å²) in [7, 11) is 0. The van der Waals surface area contributed by atoms with Crippen LogP contribution in [0.1, 0.15) is 28.0 Å². The minimum absolute atomic E-state index is 0.0456. The van der Waals surface area contributed by atoms with Crippen molar-refractivity contribution in [2.75, 3.05) is 31.1 Å². The van der Waals surface area contributed by atoms with Crippen molar-refractivity contribution in [2.45, 2.75) is 20.3 Å². The first-order valence-corrected chi connectivity index (χ1v) is 9.41. The summed E-state index contributed by atoms with van der Waals surface area (Å²) < 4.78 is 13.2. The topological polar surface area (TPSA) is 39.3 Å². The third-order valence-electron chi connectivity index (χ3n) is 5.29. The molecule has 2 aromatic carbocycles. The van der Waals surface area contributed by atoms with Crippen molar-refractivity contribution in [1.29, 1.82) is 0 Å². The van der Waals surface area contributed by atoms with Gasteiger partial charge >= 0.3 is 0 Å². The van der Waals surface area contributed by atoms with Gasteiger partial charge in [0.2, 0.25) is 0 Å². The van der Waals surface area contributed by atoms with Gasteiger partial charge in [0.1, 0.15) is 11.5 Å². The minimum Gasteiger partial charge on any atom is -0.370 e. The van der Waals surface area contributed by atoms with Crippen LogP contribution in [-0.2, 0) is 0 Å². The van der Waals surface area contributed by atoms with E-state index in [4.69, 9.17) is 0 Å². The first-order chi connectivity index (χ1) is 13.0. The largest absolute Gasteiger partial charge is 0.370 e. The Bertz CT molecular complexity index is 977. The van der Waals surface area contributed by atoms with Gasteiger partial charge in [0.05, 0.1) is 0 Å². The Balaban J connectivity index is 1.51. The number of anilines is 1. The lowest BCUT2D eigenvalue weighted by atomic mass is 10.1. The van der Waals surface area contributed by atoms with Crippen molar-refractivity contribution in [3.05, 3.63) is 65.1 Å². The molecule has 0 unspecified atom stereocenters. The standard InChI is InChI=1S/C22H24FN3O/c1-15-12-16(2)19-14-21(24-20(19)13-15)22(27)26-9-3-8-25(10-11-26)18-6-4-17(23)5-7-18/h4-7,12-14,24H,3,8-11H2,1-2H3. The number of amides is 1. The zero-order valence-electron chi connectivity index (χ0n) is 15.8. The summed E-state index contributed by atoms with van der Waals surface area (Å²) in [5, 5.41) is 1.10. The smallest absolute Gasteiger partial charge is 0.270 e. The summed E-state index contributed by atoms with van der Waals surface area (Å²) in [5.41, 5.74) is 5.03. The van der Waals surface area contributed by atoms with Gasteiger partial charge in [-0.05, 0) is 67.8 Å². The van der Waals surface area contributed by atoms with Crippen LogP contribution in [0.2, 0.25) is 0 Å². The van der Waals surface area contributed by atoms with Gasteiger partial charge in [0, 0.05) is 42.8 Å². The van der Waals surface area contributed by atoms with E-state index in [0.29, 0.717) is 12.2 Å². The lowest BCUT2D eigenvalue weighted by Crippen LogP contribution is -2.35. The van der Waals surface area contributed by atoms with Gasteiger partial charge in [-0.2, -0.15) is 0 Å². The number of carbonyl (C=O) groups excluding carboxylic acids is 1. The number of rotatable bonds is 2. The number of aromatic amines is 1. The number of aryl methyl sites for hydroxylation is 2. The fourth-order valence-corrected chi connectivity index (χ4v) is 3.92. The molecule has 0 spiro atoms. The number of fused-ring (bicyclic) bond motifs is 1. The number of hydrogen-bond acceptors (Lipinski definition) is 2. The van der Waals surface area contributed by atoms with Crippen molar-refractivity contribution in [3.63, 3.8) is 0 Å². The predicted octanol–water partition coefficient (Wildman–Crippen LogP) is 4.28. The molecule has 140 valence electrons.